The van der Waals surface area contributed by atoms with Crippen molar-refractivity contribution in [2.24, 2.45) is 5.73 Å². The van der Waals surface area contributed by atoms with Gasteiger partial charge in [0.2, 0.25) is 0 Å². The molecule has 1 unspecified atom stereocenters. The van der Waals surface area contributed by atoms with Gasteiger partial charge in [0.1, 0.15) is 5.82 Å². The van der Waals surface area contributed by atoms with E-state index in [1.807, 2.05) is 6.20 Å². The molecule has 0 aromatic carbocycles. The second kappa shape index (κ2) is 4.57. The molecule has 1 atom stereocenters. The van der Waals surface area contributed by atoms with Gasteiger partial charge in [0.05, 0.1) is 0 Å². The number of aromatic amines is 1. The third kappa shape index (κ3) is 2.13. The van der Waals surface area contributed by atoms with Crippen LogP contribution < -0.4 is 11.1 Å². The topological polar surface area (TPSA) is 66.7 Å². The van der Waals surface area contributed by atoms with Crippen molar-refractivity contribution < 1.29 is 0 Å². The quantitative estimate of drug-likeness (QED) is 0.651. The molecular weight excluding hydrogens is 176 g/mol. The fraction of sp³-hybridized carbons (Fsp3) is 0.700. The van der Waals surface area contributed by atoms with E-state index in [9.17, 15) is 0 Å². The predicted octanol–water partition coefficient (Wildman–Crippen LogP) is 0.378. The first-order chi connectivity index (χ1) is 6.90. The number of imidazole rings is 1. The van der Waals surface area contributed by atoms with Crippen LogP contribution in [-0.2, 0) is 6.42 Å². The smallest absolute Gasteiger partial charge is 0.110 e. The standard InChI is InChI=1S/C10H18N4/c11-4-3-9-7-13-10(14-9)8-2-1-5-12-6-8/h7-8,12H,1-6,11H2,(H,13,14). The van der Waals surface area contributed by atoms with Gasteiger partial charge in [-0.05, 0) is 25.9 Å². The van der Waals surface area contributed by atoms with E-state index in [2.05, 4.69) is 15.3 Å². The van der Waals surface area contributed by atoms with Gasteiger partial charge in [0.15, 0.2) is 0 Å². The number of aromatic nitrogens is 2. The van der Waals surface area contributed by atoms with Crippen molar-refractivity contribution in [3.8, 4) is 0 Å². The maximum atomic E-state index is 5.49. The van der Waals surface area contributed by atoms with Crippen LogP contribution >= 0.6 is 0 Å². The first kappa shape index (κ1) is 9.68. The van der Waals surface area contributed by atoms with Crippen LogP contribution in [0.5, 0.6) is 0 Å². The van der Waals surface area contributed by atoms with Gasteiger partial charge in [-0.15, -0.1) is 0 Å². The van der Waals surface area contributed by atoms with Crippen molar-refractivity contribution in [1.82, 2.24) is 15.3 Å². The highest BCUT2D eigenvalue weighted by molar-refractivity contribution is 5.07. The second-order valence-electron chi connectivity index (χ2n) is 3.88. The first-order valence-electron chi connectivity index (χ1n) is 5.34. The summed E-state index contributed by atoms with van der Waals surface area (Å²) in [7, 11) is 0. The Bertz CT molecular complexity index is 275. The molecule has 4 N–H and O–H groups in total. The van der Waals surface area contributed by atoms with Crippen LogP contribution in [0.15, 0.2) is 6.20 Å². The Morgan fingerprint density at radius 2 is 2.50 bits per heavy atom. The fourth-order valence-electron chi connectivity index (χ4n) is 1.95. The van der Waals surface area contributed by atoms with E-state index in [4.69, 9.17) is 5.73 Å². The summed E-state index contributed by atoms with van der Waals surface area (Å²) in [5.41, 5.74) is 6.65. The van der Waals surface area contributed by atoms with Crippen molar-refractivity contribution in [1.29, 1.82) is 0 Å². The zero-order valence-corrected chi connectivity index (χ0v) is 8.42. The summed E-state index contributed by atoms with van der Waals surface area (Å²) in [5, 5.41) is 3.39. The van der Waals surface area contributed by atoms with Crippen LogP contribution in [0.2, 0.25) is 0 Å². The van der Waals surface area contributed by atoms with Gasteiger partial charge in [0, 0.05) is 30.8 Å². The average Bonchev–Trinajstić information content (AvgIpc) is 2.68. The summed E-state index contributed by atoms with van der Waals surface area (Å²) >= 11 is 0. The molecule has 0 amide bonds. The molecule has 14 heavy (non-hydrogen) atoms. The van der Waals surface area contributed by atoms with Crippen molar-refractivity contribution >= 4 is 0 Å². The van der Waals surface area contributed by atoms with Crippen LogP contribution in [0.4, 0.5) is 0 Å². The highest BCUT2D eigenvalue weighted by atomic mass is 15.0. The van der Waals surface area contributed by atoms with Crippen LogP contribution in [0, 0.1) is 0 Å². The van der Waals surface area contributed by atoms with Crippen LogP contribution in [-0.4, -0.2) is 29.6 Å². The second-order valence-corrected chi connectivity index (χ2v) is 3.88. The summed E-state index contributed by atoms with van der Waals surface area (Å²) in [6.45, 7) is 2.88. The molecule has 1 fully saturated rings. The minimum atomic E-state index is 0.565. The molecule has 1 aliphatic rings. The molecule has 1 saturated heterocycles. The number of nitrogens with one attached hydrogen (secondary N) is 2. The van der Waals surface area contributed by atoms with E-state index in [1.54, 1.807) is 0 Å². The van der Waals surface area contributed by atoms with Gasteiger partial charge in [-0.25, -0.2) is 4.98 Å². The largest absolute Gasteiger partial charge is 0.346 e. The molecule has 0 aliphatic carbocycles. The molecule has 78 valence electrons. The lowest BCUT2D eigenvalue weighted by Gasteiger charge is -2.20. The zero-order chi connectivity index (χ0) is 9.80. The molecule has 1 aromatic rings. The Morgan fingerprint density at radius 1 is 1.57 bits per heavy atom. The Balaban J connectivity index is 2.00. The zero-order valence-electron chi connectivity index (χ0n) is 8.42. The SMILES string of the molecule is NCCc1cnc(C2CCCNC2)[nH]1. The third-order valence-corrected chi connectivity index (χ3v) is 2.75. The Kier molecular flexibility index (Phi) is 3.16. The van der Waals surface area contributed by atoms with Gasteiger partial charge >= 0.3 is 0 Å². The monoisotopic (exact) mass is 194 g/mol. The lowest BCUT2D eigenvalue weighted by molar-refractivity contribution is 0.448. The van der Waals surface area contributed by atoms with Crippen LogP contribution in [0.3, 0.4) is 0 Å². The van der Waals surface area contributed by atoms with E-state index in [1.165, 1.54) is 12.8 Å². The summed E-state index contributed by atoms with van der Waals surface area (Å²) in [6.07, 6.45) is 5.30. The number of hydrogen-bond donors (Lipinski definition) is 3. The Labute approximate surface area is 84.3 Å². The lowest BCUT2D eigenvalue weighted by Crippen LogP contribution is -2.28. The van der Waals surface area contributed by atoms with E-state index < -0.39 is 0 Å². The van der Waals surface area contributed by atoms with Crippen molar-refractivity contribution in [3.63, 3.8) is 0 Å². The maximum Gasteiger partial charge on any atom is 0.110 e. The number of nitrogens with zero attached hydrogens (tertiary/aromatic N) is 1. The van der Waals surface area contributed by atoms with Gasteiger partial charge in [-0.1, -0.05) is 0 Å². The highest BCUT2D eigenvalue weighted by Gasteiger charge is 2.17. The summed E-state index contributed by atoms with van der Waals surface area (Å²) in [4.78, 5) is 7.76. The Morgan fingerprint density at radius 3 is 3.21 bits per heavy atom. The maximum absolute atomic E-state index is 5.49. The van der Waals surface area contributed by atoms with Gasteiger partial charge in [-0.2, -0.15) is 0 Å². The normalized spacial score (nSPS) is 22.5. The minimum Gasteiger partial charge on any atom is -0.346 e. The number of piperidine rings is 1. The Hall–Kier alpha value is -0.870. The molecule has 0 bridgehead atoms. The molecule has 0 saturated carbocycles. The number of H-pyrrole nitrogens is 1. The molecule has 2 heterocycles. The molecule has 0 spiro atoms. The lowest BCUT2D eigenvalue weighted by atomic mass is 9.99. The number of hydrogen-bond acceptors (Lipinski definition) is 3. The molecule has 1 aliphatic heterocycles. The minimum absolute atomic E-state index is 0.565. The van der Waals surface area contributed by atoms with E-state index >= 15 is 0 Å². The van der Waals surface area contributed by atoms with Gasteiger partial charge < -0.3 is 16.0 Å². The molecule has 1 aromatic heterocycles. The summed E-state index contributed by atoms with van der Waals surface area (Å²) in [5.74, 6) is 1.69. The molecule has 4 heteroatoms. The molecule has 0 radical (unpaired) electrons. The molecule has 4 nitrogen and oxygen atoms in total. The number of nitrogens with two attached hydrogens (primary N) is 1. The van der Waals surface area contributed by atoms with Crippen molar-refractivity contribution in [2.75, 3.05) is 19.6 Å². The first-order valence-corrected chi connectivity index (χ1v) is 5.34. The number of rotatable bonds is 3. The third-order valence-electron chi connectivity index (χ3n) is 2.75. The van der Waals surface area contributed by atoms with Gasteiger partial charge in [0.25, 0.3) is 0 Å². The van der Waals surface area contributed by atoms with Crippen LogP contribution in [0.1, 0.15) is 30.3 Å². The van der Waals surface area contributed by atoms with E-state index in [0.717, 1.165) is 31.0 Å². The van der Waals surface area contributed by atoms with Crippen molar-refractivity contribution in [2.45, 2.75) is 25.2 Å². The average molecular weight is 194 g/mol. The van der Waals surface area contributed by atoms with E-state index in [-0.39, 0.29) is 0 Å². The fourth-order valence-corrected chi connectivity index (χ4v) is 1.95. The van der Waals surface area contributed by atoms with Crippen LogP contribution in [0.25, 0.3) is 0 Å². The predicted molar refractivity (Wildman–Crippen MR) is 56.2 cm³/mol. The highest BCUT2D eigenvalue weighted by Crippen LogP contribution is 2.20. The summed E-state index contributed by atoms with van der Waals surface area (Å²) < 4.78 is 0. The molecular formula is C10H18N4. The summed E-state index contributed by atoms with van der Waals surface area (Å²) in [6, 6.07) is 0. The van der Waals surface area contributed by atoms with Gasteiger partial charge in [-0.3, -0.25) is 0 Å². The molecule has 2 rings (SSSR count). The van der Waals surface area contributed by atoms with E-state index in [0.29, 0.717) is 12.5 Å². The van der Waals surface area contributed by atoms with Crippen molar-refractivity contribution in [3.05, 3.63) is 17.7 Å².